The minimum atomic E-state index is -0.481. The first-order valence-corrected chi connectivity index (χ1v) is 6.80. The molecule has 1 N–H and O–H groups in total. The monoisotopic (exact) mass is 310 g/mol. The Kier molecular flexibility index (Phi) is 5.10. The number of carbonyl (C=O) groups is 1. The molecule has 1 amide bonds. The van der Waals surface area contributed by atoms with Crippen molar-refractivity contribution in [2.75, 3.05) is 38.7 Å². The normalized spacial score (nSPS) is 17.9. The Labute approximate surface area is 127 Å². The second-order valence-corrected chi connectivity index (χ2v) is 4.93. The predicted molar refractivity (Wildman–Crippen MR) is 77.8 cm³/mol. The molecule has 2 rings (SSSR count). The van der Waals surface area contributed by atoms with E-state index in [2.05, 4.69) is 15.0 Å². The number of nitrogens with one attached hydrogen (secondary N) is 1. The molecule has 2 heterocycles. The quantitative estimate of drug-likeness (QED) is 0.657. The molecule has 1 fully saturated rings. The highest BCUT2D eigenvalue weighted by Gasteiger charge is 2.25. The molecule has 0 aliphatic carbocycles. The van der Waals surface area contributed by atoms with Gasteiger partial charge in [-0.25, -0.2) is 9.78 Å². The molecular weight excluding hydrogens is 292 g/mol. The third kappa shape index (κ3) is 3.82. The zero-order chi connectivity index (χ0) is 16.1. The van der Waals surface area contributed by atoms with E-state index in [-0.39, 0.29) is 17.6 Å². The molecule has 1 saturated heterocycles. The Morgan fingerprint density at radius 1 is 1.68 bits per heavy atom. The van der Waals surface area contributed by atoms with Crippen molar-refractivity contribution in [2.45, 2.75) is 13.0 Å². The van der Waals surface area contributed by atoms with Gasteiger partial charge in [-0.2, -0.15) is 0 Å². The van der Waals surface area contributed by atoms with Crippen molar-refractivity contribution in [2.24, 2.45) is 0 Å². The minimum Gasteiger partial charge on any atom is -0.453 e. The molecule has 0 bridgehead atoms. The molecule has 1 aromatic heterocycles. The number of aryl methyl sites for hydroxylation is 1. The molecule has 1 aromatic rings. The van der Waals surface area contributed by atoms with Crippen molar-refractivity contribution in [3.05, 3.63) is 27.9 Å². The minimum absolute atomic E-state index is 0.0827. The molecule has 1 aliphatic heterocycles. The first-order chi connectivity index (χ1) is 10.5. The number of nitrogens with zero attached hydrogens (tertiary/aromatic N) is 3. The third-order valence-electron chi connectivity index (χ3n) is 3.27. The van der Waals surface area contributed by atoms with Crippen LogP contribution in [-0.2, 0) is 9.47 Å². The number of carbonyl (C=O) groups excluding carboxylic acids is 1. The summed E-state index contributed by atoms with van der Waals surface area (Å²) in [6, 6.07) is 1.46. The number of hydrogen-bond acceptors (Lipinski definition) is 7. The van der Waals surface area contributed by atoms with Crippen LogP contribution in [0.3, 0.4) is 0 Å². The Hall–Kier alpha value is -2.42. The Morgan fingerprint density at radius 2 is 2.45 bits per heavy atom. The third-order valence-corrected chi connectivity index (χ3v) is 3.27. The maximum atomic E-state index is 11.5. The lowest BCUT2D eigenvalue weighted by Gasteiger charge is -2.31. The van der Waals surface area contributed by atoms with Crippen molar-refractivity contribution in [1.29, 1.82) is 0 Å². The number of rotatable bonds is 4. The molecule has 0 aromatic carbocycles. The van der Waals surface area contributed by atoms with Gasteiger partial charge < -0.3 is 19.7 Å². The van der Waals surface area contributed by atoms with Gasteiger partial charge in [-0.05, 0) is 12.5 Å². The predicted octanol–water partition coefficient (Wildman–Crippen LogP) is 1.18. The largest absolute Gasteiger partial charge is 0.453 e. The Balaban J connectivity index is 1.98. The van der Waals surface area contributed by atoms with E-state index in [1.165, 1.54) is 18.1 Å². The molecule has 120 valence electrons. The molecule has 0 unspecified atom stereocenters. The molecule has 1 atom stereocenters. The van der Waals surface area contributed by atoms with Gasteiger partial charge in [0.1, 0.15) is 0 Å². The fraction of sp³-hybridized carbons (Fsp3) is 0.538. The molecule has 0 radical (unpaired) electrons. The van der Waals surface area contributed by atoms with Crippen LogP contribution in [0.25, 0.3) is 0 Å². The summed E-state index contributed by atoms with van der Waals surface area (Å²) in [6.45, 7) is 3.27. The molecule has 9 heteroatoms. The maximum absolute atomic E-state index is 11.5. The summed E-state index contributed by atoms with van der Waals surface area (Å²) in [4.78, 5) is 27.6. The molecular formula is C13H18N4O5. The van der Waals surface area contributed by atoms with Crippen LogP contribution in [0.1, 0.15) is 5.56 Å². The summed E-state index contributed by atoms with van der Waals surface area (Å²) in [6.07, 6.45) is 0.862. The lowest BCUT2D eigenvalue weighted by molar-refractivity contribution is -0.384. The van der Waals surface area contributed by atoms with E-state index in [1.54, 1.807) is 13.1 Å². The van der Waals surface area contributed by atoms with E-state index in [0.29, 0.717) is 31.8 Å². The molecule has 0 spiro atoms. The second-order valence-electron chi connectivity index (χ2n) is 4.93. The summed E-state index contributed by atoms with van der Waals surface area (Å²) >= 11 is 0. The van der Waals surface area contributed by atoms with Crippen LogP contribution in [0.4, 0.5) is 16.3 Å². The second kappa shape index (κ2) is 7.03. The number of amides is 1. The molecule has 22 heavy (non-hydrogen) atoms. The number of hydrogen-bond donors (Lipinski definition) is 1. The van der Waals surface area contributed by atoms with Crippen LogP contribution in [-0.4, -0.2) is 60.4 Å². The summed E-state index contributed by atoms with van der Waals surface area (Å²) in [5, 5.41) is 13.9. The fourth-order valence-corrected chi connectivity index (χ4v) is 2.18. The lowest BCUT2D eigenvalue weighted by atomic mass is 10.2. The SMILES string of the molecule is COC(=O)N1CCO[C@@H](CNc2ncc(C)cc2[N+](=O)[O-])C1. The van der Waals surface area contributed by atoms with E-state index in [9.17, 15) is 14.9 Å². The van der Waals surface area contributed by atoms with Crippen LogP contribution in [0.2, 0.25) is 0 Å². The zero-order valence-corrected chi connectivity index (χ0v) is 12.4. The van der Waals surface area contributed by atoms with Crippen molar-refractivity contribution < 1.29 is 19.2 Å². The van der Waals surface area contributed by atoms with Gasteiger partial charge in [0.25, 0.3) is 0 Å². The van der Waals surface area contributed by atoms with Gasteiger partial charge in [0.15, 0.2) is 0 Å². The van der Waals surface area contributed by atoms with Crippen molar-refractivity contribution in [3.63, 3.8) is 0 Å². The van der Waals surface area contributed by atoms with Crippen molar-refractivity contribution in [1.82, 2.24) is 9.88 Å². The fourth-order valence-electron chi connectivity index (χ4n) is 2.18. The van der Waals surface area contributed by atoms with Crippen LogP contribution < -0.4 is 5.32 Å². The topological polar surface area (TPSA) is 107 Å². The number of anilines is 1. The summed E-state index contributed by atoms with van der Waals surface area (Å²) in [5.41, 5.74) is 0.628. The lowest BCUT2D eigenvalue weighted by Crippen LogP contribution is -2.47. The summed E-state index contributed by atoms with van der Waals surface area (Å²) in [7, 11) is 1.32. The zero-order valence-electron chi connectivity index (χ0n) is 12.4. The maximum Gasteiger partial charge on any atom is 0.409 e. The van der Waals surface area contributed by atoms with Crippen molar-refractivity contribution >= 4 is 17.6 Å². The number of aromatic nitrogens is 1. The highest BCUT2D eigenvalue weighted by atomic mass is 16.6. The average Bonchev–Trinajstić information content (AvgIpc) is 2.53. The van der Waals surface area contributed by atoms with E-state index in [1.807, 2.05) is 0 Å². The molecule has 1 aliphatic rings. The summed E-state index contributed by atoms with van der Waals surface area (Å²) in [5.74, 6) is 0.189. The Bertz CT molecular complexity index is 565. The standard InChI is InChI=1S/C13H18N4O5/c1-9-5-11(17(19)20)12(14-6-9)15-7-10-8-16(3-4-22-10)13(18)21-2/h5-6,10H,3-4,7-8H2,1-2H3,(H,14,15)/t10-/m0/s1. The number of morpholine rings is 1. The van der Waals surface area contributed by atoms with E-state index in [4.69, 9.17) is 4.74 Å². The number of nitro groups is 1. The smallest absolute Gasteiger partial charge is 0.409 e. The van der Waals surface area contributed by atoms with Gasteiger partial charge in [0.2, 0.25) is 5.82 Å². The first-order valence-electron chi connectivity index (χ1n) is 6.80. The van der Waals surface area contributed by atoms with Gasteiger partial charge in [-0.1, -0.05) is 0 Å². The van der Waals surface area contributed by atoms with Gasteiger partial charge in [0.05, 0.1) is 31.3 Å². The van der Waals surface area contributed by atoms with Crippen LogP contribution in [0.5, 0.6) is 0 Å². The van der Waals surface area contributed by atoms with Crippen LogP contribution in [0.15, 0.2) is 12.3 Å². The highest BCUT2D eigenvalue weighted by Crippen LogP contribution is 2.22. The summed E-state index contributed by atoms with van der Waals surface area (Å²) < 4.78 is 10.2. The van der Waals surface area contributed by atoms with E-state index in [0.717, 1.165) is 0 Å². The van der Waals surface area contributed by atoms with Gasteiger partial charge in [-0.15, -0.1) is 0 Å². The number of methoxy groups -OCH3 is 1. The van der Waals surface area contributed by atoms with Crippen LogP contribution in [0, 0.1) is 17.0 Å². The van der Waals surface area contributed by atoms with Gasteiger partial charge in [0, 0.05) is 25.4 Å². The molecule has 9 nitrogen and oxygen atoms in total. The van der Waals surface area contributed by atoms with E-state index >= 15 is 0 Å². The van der Waals surface area contributed by atoms with Crippen LogP contribution >= 0.6 is 0 Å². The van der Waals surface area contributed by atoms with Gasteiger partial charge >= 0.3 is 11.8 Å². The Morgan fingerprint density at radius 3 is 3.14 bits per heavy atom. The number of pyridine rings is 1. The molecule has 0 saturated carbocycles. The highest BCUT2D eigenvalue weighted by molar-refractivity contribution is 5.67. The van der Waals surface area contributed by atoms with Crippen molar-refractivity contribution in [3.8, 4) is 0 Å². The van der Waals surface area contributed by atoms with E-state index < -0.39 is 11.0 Å². The first kappa shape index (κ1) is 16.0. The average molecular weight is 310 g/mol. The number of ether oxygens (including phenoxy) is 2. The van der Waals surface area contributed by atoms with Gasteiger partial charge in [-0.3, -0.25) is 10.1 Å².